The SMILES string of the molecule is Cc1cc(C)c(N(c2ccccc2)c2ccc(-c3ccc4c(-c5ccccc5)c5ccccc5c(-c5ccccc5)c4c3)cc2)c(C)c1. The highest BCUT2D eigenvalue weighted by atomic mass is 15.1. The molecule has 48 heavy (non-hydrogen) atoms. The van der Waals surface area contributed by atoms with Gasteiger partial charge in [-0.1, -0.05) is 145 Å². The molecular formula is C47H37N. The maximum atomic E-state index is 2.40. The molecule has 0 unspecified atom stereocenters. The van der Waals surface area contributed by atoms with Crippen molar-refractivity contribution in [3.63, 3.8) is 0 Å². The Morgan fingerprint density at radius 3 is 1.33 bits per heavy atom. The van der Waals surface area contributed by atoms with Gasteiger partial charge in [-0.05, 0) is 117 Å². The average Bonchev–Trinajstić information content (AvgIpc) is 3.13. The molecule has 0 atom stereocenters. The van der Waals surface area contributed by atoms with E-state index in [0.717, 1.165) is 11.4 Å². The van der Waals surface area contributed by atoms with E-state index < -0.39 is 0 Å². The van der Waals surface area contributed by atoms with E-state index in [1.165, 1.54) is 77.3 Å². The van der Waals surface area contributed by atoms with E-state index >= 15 is 0 Å². The summed E-state index contributed by atoms with van der Waals surface area (Å²) in [4.78, 5) is 2.39. The van der Waals surface area contributed by atoms with Gasteiger partial charge in [0, 0.05) is 11.4 Å². The van der Waals surface area contributed by atoms with Gasteiger partial charge < -0.3 is 4.90 Å². The first-order valence-electron chi connectivity index (χ1n) is 16.7. The van der Waals surface area contributed by atoms with Gasteiger partial charge in [0.1, 0.15) is 0 Å². The van der Waals surface area contributed by atoms with E-state index in [4.69, 9.17) is 0 Å². The second kappa shape index (κ2) is 12.4. The molecule has 1 nitrogen and oxygen atoms in total. The van der Waals surface area contributed by atoms with E-state index in [-0.39, 0.29) is 0 Å². The molecule has 0 aliphatic carbocycles. The van der Waals surface area contributed by atoms with Crippen LogP contribution in [-0.4, -0.2) is 0 Å². The molecule has 0 aliphatic heterocycles. The lowest BCUT2D eigenvalue weighted by Gasteiger charge is -2.29. The number of benzene rings is 8. The second-order valence-electron chi connectivity index (χ2n) is 12.8. The molecule has 0 saturated heterocycles. The first-order valence-corrected chi connectivity index (χ1v) is 16.7. The summed E-state index contributed by atoms with van der Waals surface area (Å²) in [7, 11) is 0. The maximum absolute atomic E-state index is 2.40. The number of rotatable bonds is 6. The van der Waals surface area contributed by atoms with Crippen LogP contribution in [-0.2, 0) is 0 Å². The van der Waals surface area contributed by atoms with Crippen LogP contribution in [0.2, 0.25) is 0 Å². The number of para-hydroxylation sites is 1. The fourth-order valence-electron chi connectivity index (χ4n) is 7.50. The summed E-state index contributed by atoms with van der Waals surface area (Å²) < 4.78 is 0. The van der Waals surface area contributed by atoms with Gasteiger partial charge in [-0.3, -0.25) is 0 Å². The van der Waals surface area contributed by atoms with Crippen molar-refractivity contribution in [2.45, 2.75) is 20.8 Å². The first kappa shape index (κ1) is 29.5. The molecule has 0 radical (unpaired) electrons. The van der Waals surface area contributed by atoms with E-state index in [2.05, 4.69) is 196 Å². The molecule has 0 bridgehead atoms. The van der Waals surface area contributed by atoms with E-state index in [1.807, 2.05) is 0 Å². The van der Waals surface area contributed by atoms with Gasteiger partial charge in [-0.15, -0.1) is 0 Å². The van der Waals surface area contributed by atoms with Gasteiger partial charge >= 0.3 is 0 Å². The van der Waals surface area contributed by atoms with Crippen LogP contribution in [0, 0.1) is 20.8 Å². The van der Waals surface area contributed by atoms with Gasteiger partial charge in [-0.25, -0.2) is 0 Å². The molecule has 0 fully saturated rings. The maximum Gasteiger partial charge on any atom is 0.0520 e. The predicted molar refractivity (Wildman–Crippen MR) is 207 cm³/mol. The Morgan fingerprint density at radius 1 is 0.333 bits per heavy atom. The van der Waals surface area contributed by atoms with Crippen LogP contribution >= 0.6 is 0 Å². The van der Waals surface area contributed by atoms with Crippen molar-refractivity contribution in [3.8, 4) is 33.4 Å². The van der Waals surface area contributed by atoms with Crippen molar-refractivity contribution in [1.82, 2.24) is 0 Å². The Bertz CT molecular complexity index is 2370. The number of hydrogen-bond acceptors (Lipinski definition) is 1. The normalized spacial score (nSPS) is 11.2. The molecule has 8 aromatic carbocycles. The summed E-state index contributed by atoms with van der Waals surface area (Å²) >= 11 is 0. The molecule has 0 N–H and O–H groups in total. The number of nitrogens with zero attached hydrogens (tertiary/aromatic N) is 1. The Hall–Kier alpha value is -5.92. The van der Waals surface area contributed by atoms with Gasteiger partial charge in [0.2, 0.25) is 0 Å². The highest BCUT2D eigenvalue weighted by Gasteiger charge is 2.19. The first-order chi connectivity index (χ1) is 23.6. The summed E-state index contributed by atoms with van der Waals surface area (Å²) in [5.74, 6) is 0. The third kappa shape index (κ3) is 5.24. The minimum Gasteiger partial charge on any atom is -0.310 e. The van der Waals surface area contributed by atoms with Crippen molar-refractivity contribution in [3.05, 3.63) is 187 Å². The summed E-state index contributed by atoms with van der Waals surface area (Å²) in [5, 5.41) is 5.07. The molecule has 0 amide bonds. The van der Waals surface area contributed by atoms with Crippen molar-refractivity contribution in [1.29, 1.82) is 0 Å². The Labute approximate surface area is 283 Å². The summed E-state index contributed by atoms with van der Waals surface area (Å²) in [6.07, 6.45) is 0. The Balaban J connectivity index is 1.32. The minimum atomic E-state index is 1.14. The lowest BCUT2D eigenvalue weighted by Crippen LogP contribution is -2.13. The highest BCUT2D eigenvalue weighted by Crippen LogP contribution is 2.45. The van der Waals surface area contributed by atoms with Gasteiger partial charge in [0.05, 0.1) is 5.69 Å². The highest BCUT2D eigenvalue weighted by molar-refractivity contribution is 6.22. The lowest BCUT2D eigenvalue weighted by atomic mass is 9.85. The number of hydrogen-bond donors (Lipinski definition) is 0. The zero-order chi connectivity index (χ0) is 32.6. The summed E-state index contributed by atoms with van der Waals surface area (Å²) in [6, 6.07) is 61.8. The van der Waals surface area contributed by atoms with Gasteiger partial charge in [-0.2, -0.15) is 0 Å². The van der Waals surface area contributed by atoms with Crippen LogP contribution < -0.4 is 4.90 Å². The van der Waals surface area contributed by atoms with Crippen molar-refractivity contribution in [2.24, 2.45) is 0 Å². The van der Waals surface area contributed by atoms with Crippen LogP contribution in [0.5, 0.6) is 0 Å². The largest absolute Gasteiger partial charge is 0.310 e. The van der Waals surface area contributed by atoms with Crippen molar-refractivity contribution >= 4 is 38.6 Å². The molecule has 8 rings (SSSR count). The third-order valence-electron chi connectivity index (χ3n) is 9.48. The smallest absolute Gasteiger partial charge is 0.0520 e. The standard InChI is InChI=1S/C47H37N/c1-32-29-33(2)47(34(3)30-32)48(39-19-11-6-12-20-39)40-26-23-35(24-27-40)38-25-28-43-44(31-38)46(37-17-9-5-10-18-37)42-22-14-13-21-41(42)45(43)36-15-7-4-8-16-36/h4-31H,1-3H3. The molecule has 1 heteroatoms. The molecule has 8 aromatic rings. The fourth-order valence-corrected chi connectivity index (χ4v) is 7.50. The molecule has 0 aliphatic rings. The topological polar surface area (TPSA) is 3.24 Å². The van der Waals surface area contributed by atoms with Gasteiger partial charge in [0.15, 0.2) is 0 Å². The number of aryl methyl sites for hydroxylation is 3. The van der Waals surface area contributed by atoms with Crippen LogP contribution in [0.1, 0.15) is 16.7 Å². The van der Waals surface area contributed by atoms with Crippen molar-refractivity contribution in [2.75, 3.05) is 4.90 Å². The lowest BCUT2D eigenvalue weighted by molar-refractivity contribution is 1.20. The molecule has 0 spiro atoms. The average molecular weight is 616 g/mol. The Morgan fingerprint density at radius 2 is 0.771 bits per heavy atom. The Kier molecular flexibility index (Phi) is 7.59. The molecular weight excluding hydrogens is 579 g/mol. The molecule has 0 heterocycles. The molecule has 0 aromatic heterocycles. The van der Waals surface area contributed by atoms with Crippen LogP contribution in [0.4, 0.5) is 17.1 Å². The zero-order valence-electron chi connectivity index (χ0n) is 27.6. The third-order valence-corrected chi connectivity index (χ3v) is 9.48. The minimum absolute atomic E-state index is 1.14. The zero-order valence-corrected chi connectivity index (χ0v) is 27.6. The predicted octanol–water partition coefficient (Wildman–Crippen LogP) is 13.4. The van der Waals surface area contributed by atoms with E-state index in [1.54, 1.807) is 0 Å². The van der Waals surface area contributed by atoms with E-state index in [9.17, 15) is 0 Å². The number of anilines is 3. The molecule has 230 valence electrons. The quantitative estimate of drug-likeness (QED) is 0.168. The summed E-state index contributed by atoms with van der Waals surface area (Å²) in [5.41, 5.74) is 14.8. The molecule has 0 saturated carbocycles. The van der Waals surface area contributed by atoms with Crippen LogP contribution in [0.25, 0.3) is 54.9 Å². The van der Waals surface area contributed by atoms with Crippen LogP contribution in [0.15, 0.2) is 170 Å². The van der Waals surface area contributed by atoms with Crippen LogP contribution in [0.3, 0.4) is 0 Å². The summed E-state index contributed by atoms with van der Waals surface area (Å²) in [6.45, 7) is 6.60. The monoisotopic (exact) mass is 615 g/mol. The van der Waals surface area contributed by atoms with Gasteiger partial charge in [0.25, 0.3) is 0 Å². The number of fused-ring (bicyclic) bond motifs is 2. The van der Waals surface area contributed by atoms with E-state index in [0.29, 0.717) is 0 Å². The fraction of sp³-hybridized carbons (Fsp3) is 0.0638. The van der Waals surface area contributed by atoms with Crippen molar-refractivity contribution < 1.29 is 0 Å². The second-order valence-corrected chi connectivity index (χ2v) is 12.8.